The van der Waals surface area contributed by atoms with Crippen LogP contribution < -0.4 is 5.56 Å². The van der Waals surface area contributed by atoms with Gasteiger partial charge in [-0.2, -0.15) is 9.78 Å². The summed E-state index contributed by atoms with van der Waals surface area (Å²) in [5, 5.41) is 16.9. The normalized spacial score (nSPS) is 11.6. The van der Waals surface area contributed by atoms with E-state index >= 15 is 0 Å². The Bertz CT molecular complexity index is 1250. The molecule has 26 heavy (non-hydrogen) atoms. The van der Waals surface area contributed by atoms with Gasteiger partial charge in [0, 0.05) is 15.4 Å². The minimum atomic E-state index is -0.247. The van der Waals surface area contributed by atoms with Crippen LogP contribution in [-0.2, 0) is 0 Å². The van der Waals surface area contributed by atoms with Crippen LogP contribution in [0.15, 0.2) is 69.0 Å². The van der Waals surface area contributed by atoms with Crippen LogP contribution in [0, 0.1) is 6.92 Å². The van der Waals surface area contributed by atoms with Gasteiger partial charge in [-0.3, -0.25) is 4.79 Å². The van der Waals surface area contributed by atoms with E-state index in [-0.39, 0.29) is 11.3 Å². The Kier molecular flexibility index (Phi) is 4.05. The first kappa shape index (κ1) is 16.5. The maximum atomic E-state index is 12.7. The van der Waals surface area contributed by atoms with Gasteiger partial charge in [-0.1, -0.05) is 52.3 Å². The summed E-state index contributed by atoms with van der Waals surface area (Å²) in [5.41, 5.74) is 0.900. The highest BCUT2D eigenvalue weighted by atomic mass is 79.9. The monoisotopic (exact) mass is 407 g/mol. The Morgan fingerprint density at radius 2 is 1.73 bits per heavy atom. The summed E-state index contributed by atoms with van der Waals surface area (Å²) in [6.07, 6.45) is 1.47. The molecule has 0 spiro atoms. The van der Waals surface area contributed by atoms with E-state index in [1.165, 1.54) is 10.9 Å². The molecular formula is C20H14BrN3O2. The number of aromatic hydroxyl groups is 1. The Labute approximate surface area is 157 Å². The number of hydrogen-bond donors (Lipinski definition) is 1. The predicted molar refractivity (Wildman–Crippen MR) is 107 cm³/mol. The summed E-state index contributed by atoms with van der Waals surface area (Å²) in [6, 6.07) is 16.4. The average Bonchev–Trinajstić information content (AvgIpc) is 2.65. The molecule has 0 fully saturated rings. The van der Waals surface area contributed by atoms with Crippen molar-refractivity contribution in [3.8, 4) is 5.75 Å². The van der Waals surface area contributed by atoms with Crippen molar-refractivity contribution in [2.75, 3.05) is 0 Å². The third-order valence-electron chi connectivity index (χ3n) is 4.22. The summed E-state index contributed by atoms with van der Waals surface area (Å²) in [6.45, 7) is 1.72. The number of rotatable bonds is 2. The molecule has 0 amide bonds. The van der Waals surface area contributed by atoms with Crippen molar-refractivity contribution in [3.05, 3.63) is 80.8 Å². The van der Waals surface area contributed by atoms with Crippen molar-refractivity contribution < 1.29 is 5.11 Å². The van der Waals surface area contributed by atoms with E-state index in [1.807, 2.05) is 30.3 Å². The molecule has 1 aromatic heterocycles. The predicted octanol–water partition coefficient (Wildman–Crippen LogP) is 4.21. The smallest absolute Gasteiger partial charge is 0.282 e. The largest absolute Gasteiger partial charge is 0.507 e. The first-order valence-electron chi connectivity index (χ1n) is 7.99. The van der Waals surface area contributed by atoms with E-state index in [2.05, 4.69) is 26.0 Å². The van der Waals surface area contributed by atoms with Crippen molar-refractivity contribution in [3.63, 3.8) is 0 Å². The lowest BCUT2D eigenvalue weighted by atomic mass is 10.1. The number of halogens is 1. The van der Waals surface area contributed by atoms with Crippen molar-refractivity contribution in [1.29, 1.82) is 0 Å². The van der Waals surface area contributed by atoms with Crippen molar-refractivity contribution in [2.24, 2.45) is 5.10 Å². The summed E-state index contributed by atoms with van der Waals surface area (Å²) in [7, 11) is 0. The number of fused-ring (bicyclic) bond motifs is 2. The van der Waals surface area contributed by atoms with E-state index < -0.39 is 0 Å². The lowest BCUT2D eigenvalue weighted by Gasteiger charge is -2.08. The molecule has 5 nitrogen and oxygen atoms in total. The van der Waals surface area contributed by atoms with E-state index in [0.29, 0.717) is 27.7 Å². The number of nitrogens with zero attached hydrogens (tertiary/aromatic N) is 3. The van der Waals surface area contributed by atoms with Crippen molar-refractivity contribution >= 4 is 43.8 Å². The van der Waals surface area contributed by atoms with Gasteiger partial charge in [0.05, 0.1) is 17.1 Å². The highest BCUT2D eigenvalue weighted by Gasteiger charge is 2.10. The van der Waals surface area contributed by atoms with Gasteiger partial charge in [-0.05, 0) is 30.5 Å². The average molecular weight is 408 g/mol. The SMILES string of the molecule is Cc1nc2ccccc2c(=O)n1/N=C/c1cc(Br)c2ccccc2c1O. The zero-order valence-corrected chi connectivity index (χ0v) is 15.4. The van der Waals surface area contributed by atoms with E-state index in [4.69, 9.17) is 0 Å². The van der Waals surface area contributed by atoms with Gasteiger partial charge in [0.1, 0.15) is 11.6 Å². The van der Waals surface area contributed by atoms with Crippen molar-refractivity contribution in [2.45, 2.75) is 6.92 Å². The second-order valence-corrected chi connectivity index (χ2v) is 6.73. The standard InChI is InChI=1S/C20H14BrN3O2/c1-12-23-18-9-5-4-8-16(18)20(26)24(12)22-11-13-10-17(21)14-6-2-3-7-15(14)19(13)25/h2-11,25H,1H3/b22-11+. The molecule has 1 heterocycles. The van der Waals surface area contributed by atoms with Gasteiger partial charge in [0.2, 0.25) is 0 Å². The topological polar surface area (TPSA) is 67.5 Å². The fourth-order valence-corrected chi connectivity index (χ4v) is 3.52. The minimum absolute atomic E-state index is 0.118. The van der Waals surface area contributed by atoms with Gasteiger partial charge in [0.25, 0.3) is 5.56 Å². The molecule has 0 bridgehead atoms. The first-order valence-corrected chi connectivity index (χ1v) is 8.78. The molecule has 0 atom stereocenters. The Morgan fingerprint density at radius 3 is 2.50 bits per heavy atom. The quantitative estimate of drug-likeness (QED) is 0.506. The van der Waals surface area contributed by atoms with Gasteiger partial charge < -0.3 is 5.11 Å². The minimum Gasteiger partial charge on any atom is -0.507 e. The molecule has 0 unspecified atom stereocenters. The van der Waals surface area contributed by atoms with Crippen LogP contribution in [0.25, 0.3) is 21.7 Å². The van der Waals surface area contributed by atoms with Crippen LogP contribution in [0.3, 0.4) is 0 Å². The van der Waals surface area contributed by atoms with Crippen LogP contribution in [-0.4, -0.2) is 21.0 Å². The summed E-state index contributed by atoms with van der Waals surface area (Å²) >= 11 is 3.52. The van der Waals surface area contributed by atoms with Crippen molar-refractivity contribution in [1.82, 2.24) is 9.66 Å². The Balaban J connectivity index is 1.87. The molecule has 1 N–H and O–H groups in total. The van der Waals surface area contributed by atoms with E-state index in [0.717, 1.165) is 9.86 Å². The molecule has 128 valence electrons. The molecule has 4 aromatic rings. The molecule has 0 saturated heterocycles. The number of hydrogen-bond acceptors (Lipinski definition) is 4. The number of benzene rings is 3. The number of para-hydroxylation sites is 1. The van der Waals surface area contributed by atoms with Gasteiger partial charge in [-0.15, -0.1) is 0 Å². The molecule has 6 heteroatoms. The third kappa shape index (κ3) is 2.68. The zero-order chi connectivity index (χ0) is 18.3. The molecule has 0 aliphatic carbocycles. The van der Waals surface area contributed by atoms with Crippen LogP contribution in [0.5, 0.6) is 5.75 Å². The highest BCUT2D eigenvalue weighted by Crippen LogP contribution is 2.33. The molecule has 0 radical (unpaired) electrons. The van der Waals surface area contributed by atoms with Crippen LogP contribution in [0.1, 0.15) is 11.4 Å². The first-order chi connectivity index (χ1) is 12.6. The van der Waals surface area contributed by atoms with Crippen LogP contribution in [0.4, 0.5) is 0 Å². The van der Waals surface area contributed by atoms with Crippen LogP contribution >= 0.6 is 15.9 Å². The fourth-order valence-electron chi connectivity index (χ4n) is 2.93. The fraction of sp³-hybridized carbons (Fsp3) is 0.0500. The van der Waals surface area contributed by atoms with E-state index in [9.17, 15) is 9.90 Å². The molecule has 4 rings (SSSR count). The maximum Gasteiger partial charge on any atom is 0.282 e. The third-order valence-corrected chi connectivity index (χ3v) is 4.88. The Hall–Kier alpha value is -2.99. The second kappa shape index (κ2) is 6.38. The lowest BCUT2D eigenvalue weighted by molar-refractivity contribution is 0.480. The maximum absolute atomic E-state index is 12.7. The highest BCUT2D eigenvalue weighted by molar-refractivity contribution is 9.10. The second-order valence-electron chi connectivity index (χ2n) is 5.88. The summed E-state index contributed by atoms with van der Waals surface area (Å²) in [5.74, 6) is 0.594. The Morgan fingerprint density at radius 1 is 1.08 bits per heavy atom. The molecule has 3 aromatic carbocycles. The molecule has 0 aliphatic rings. The van der Waals surface area contributed by atoms with Gasteiger partial charge in [-0.25, -0.2) is 4.98 Å². The number of aromatic nitrogens is 2. The molecular weight excluding hydrogens is 394 g/mol. The van der Waals surface area contributed by atoms with Crippen LogP contribution in [0.2, 0.25) is 0 Å². The number of phenolic OH excluding ortho intramolecular Hbond substituents is 1. The molecule has 0 aliphatic heterocycles. The number of aryl methyl sites for hydroxylation is 1. The summed E-state index contributed by atoms with van der Waals surface area (Å²) in [4.78, 5) is 17.1. The number of phenols is 1. The van der Waals surface area contributed by atoms with Gasteiger partial charge in [0.15, 0.2) is 0 Å². The van der Waals surface area contributed by atoms with Gasteiger partial charge >= 0.3 is 0 Å². The summed E-state index contributed by atoms with van der Waals surface area (Å²) < 4.78 is 2.08. The lowest BCUT2D eigenvalue weighted by Crippen LogP contribution is -2.20. The molecule has 0 saturated carbocycles. The van der Waals surface area contributed by atoms with E-state index in [1.54, 1.807) is 31.2 Å². The zero-order valence-electron chi connectivity index (χ0n) is 13.8.